The van der Waals surface area contributed by atoms with E-state index in [0.29, 0.717) is 0 Å². The molecular formula is C6H13O8P. The van der Waals surface area contributed by atoms with Gasteiger partial charge in [0.2, 0.25) is 0 Å². The van der Waals surface area contributed by atoms with E-state index in [1.165, 1.54) is 6.92 Å². The second-order valence-corrected chi connectivity index (χ2v) is 4.47. The van der Waals surface area contributed by atoms with E-state index in [4.69, 9.17) is 14.5 Å². The molecule has 90 valence electrons. The Balaban J connectivity index is 2.71. The normalized spacial score (nSPS) is 42.9. The average Bonchev–Trinajstić information content (AvgIpc) is 2.08. The number of phosphoric ester groups is 1. The molecule has 15 heavy (non-hydrogen) atoms. The van der Waals surface area contributed by atoms with E-state index in [9.17, 15) is 19.9 Å². The third kappa shape index (κ3) is 3.20. The molecule has 2 unspecified atom stereocenters. The van der Waals surface area contributed by atoms with Gasteiger partial charge in [0.05, 0.1) is 6.10 Å². The maximum Gasteiger partial charge on any atom is 0.472 e. The summed E-state index contributed by atoms with van der Waals surface area (Å²) in [6.07, 6.45) is -7.20. The first-order valence-corrected chi connectivity index (χ1v) is 5.69. The fourth-order valence-corrected chi connectivity index (χ4v) is 1.68. The molecular weight excluding hydrogens is 231 g/mol. The standard InChI is InChI=1S/C6H13O8P/c1-2-3(7)4(8)5(9)6(13-2)14-15(10,11)12/h2-9H,1H3,(H2,10,11,12)/t2?,3-,4+,5-,6?/m0/s1. The summed E-state index contributed by atoms with van der Waals surface area (Å²) in [5.74, 6) is 0. The van der Waals surface area contributed by atoms with Gasteiger partial charge in [-0.3, -0.25) is 4.52 Å². The van der Waals surface area contributed by atoms with Crippen molar-refractivity contribution in [3.05, 3.63) is 0 Å². The Hall–Kier alpha value is -0.0500. The van der Waals surface area contributed by atoms with Gasteiger partial charge in [-0.1, -0.05) is 0 Å². The number of phosphoric acid groups is 1. The smallest absolute Gasteiger partial charge is 0.388 e. The molecule has 5 N–H and O–H groups in total. The lowest BCUT2D eigenvalue weighted by Gasteiger charge is -2.38. The molecule has 1 aliphatic rings. The highest BCUT2D eigenvalue weighted by Gasteiger charge is 2.44. The van der Waals surface area contributed by atoms with E-state index in [1.54, 1.807) is 0 Å². The van der Waals surface area contributed by atoms with Crippen LogP contribution in [0.2, 0.25) is 0 Å². The molecule has 0 aromatic heterocycles. The molecule has 8 nitrogen and oxygen atoms in total. The van der Waals surface area contributed by atoms with Crippen molar-refractivity contribution >= 4 is 7.82 Å². The third-order valence-corrected chi connectivity index (χ3v) is 2.53. The molecule has 0 aromatic carbocycles. The lowest BCUT2D eigenvalue weighted by molar-refractivity contribution is -0.271. The first kappa shape index (κ1) is 13.0. The summed E-state index contributed by atoms with van der Waals surface area (Å²) in [6, 6.07) is 0. The minimum atomic E-state index is -4.82. The van der Waals surface area contributed by atoms with Gasteiger partial charge in [0, 0.05) is 0 Å². The third-order valence-electron chi connectivity index (χ3n) is 2.05. The average molecular weight is 244 g/mol. The van der Waals surface area contributed by atoms with E-state index in [0.717, 1.165) is 0 Å². The van der Waals surface area contributed by atoms with Crippen LogP contribution in [0.25, 0.3) is 0 Å². The lowest BCUT2D eigenvalue weighted by Crippen LogP contribution is -2.57. The number of aliphatic hydroxyl groups is 3. The highest BCUT2D eigenvalue weighted by atomic mass is 31.2. The van der Waals surface area contributed by atoms with Crippen molar-refractivity contribution < 1.29 is 38.9 Å². The molecule has 1 aliphatic heterocycles. The van der Waals surface area contributed by atoms with Gasteiger partial charge in [-0.2, -0.15) is 0 Å². The zero-order valence-electron chi connectivity index (χ0n) is 7.79. The van der Waals surface area contributed by atoms with Gasteiger partial charge in [0.25, 0.3) is 0 Å². The molecule has 0 amide bonds. The van der Waals surface area contributed by atoms with Crippen LogP contribution in [0, 0.1) is 0 Å². The molecule has 0 aliphatic carbocycles. The Morgan fingerprint density at radius 3 is 2.13 bits per heavy atom. The van der Waals surface area contributed by atoms with E-state index in [1.807, 2.05) is 0 Å². The molecule has 0 aromatic rings. The summed E-state index contributed by atoms with van der Waals surface area (Å²) in [4.78, 5) is 17.0. The summed E-state index contributed by atoms with van der Waals surface area (Å²) in [5, 5.41) is 27.8. The number of ether oxygens (including phenoxy) is 1. The van der Waals surface area contributed by atoms with Gasteiger partial charge in [0.1, 0.15) is 18.3 Å². The first-order chi connectivity index (χ1) is 6.72. The van der Waals surface area contributed by atoms with Crippen molar-refractivity contribution in [3.63, 3.8) is 0 Å². The quantitative estimate of drug-likeness (QED) is 0.349. The van der Waals surface area contributed by atoms with Crippen LogP contribution >= 0.6 is 7.82 Å². The molecule has 0 spiro atoms. The highest BCUT2D eigenvalue weighted by Crippen LogP contribution is 2.40. The molecule has 0 radical (unpaired) electrons. The van der Waals surface area contributed by atoms with E-state index >= 15 is 0 Å². The maximum atomic E-state index is 10.5. The van der Waals surface area contributed by atoms with Crippen molar-refractivity contribution in [2.45, 2.75) is 37.6 Å². The Bertz CT molecular complexity index is 264. The van der Waals surface area contributed by atoms with Crippen molar-refractivity contribution in [2.75, 3.05) is 0 Å². The Morgan fingerprint density at radius 1 is 1.13 bits per heavy atom. The molecule has 0 saturated carbocycles. The summed E-state index contributed by atoms with van der Waals surface area (Å²) in [6.45, 7) is 1.37. The van der Waals surface area contributed by atoms with Crippen molar-refractivity contribution in [3.8, 4) is 0 Å². The van der Waals surface area contributed by atoms with Gasteiger partial charge in [-0.15, -0.1) is 0 Å². The molecule has 1 rings (SSSR count). The van der Waals surface area contributed by atoms with Gasteiger partial charge < -0.3 is 29.8 Å². The minimum absolute atomic E-state index is 0.903. The molecule has 9 heteroatoms. The molecule has 1 fully saturated rings. The predicted octanol–water partition coefficient (Wildman–Crippen LogP) is -2.08. The zero-order valence-corrected chi connectivity index (χ0v) is 8.69. The zero-order chi connectivity index (χ0) is 11.8. The van der Waals surface area contributed by atoms with Crippen LogP contribution in [0.4, 0.5) is 0 Å². The maximum absolute atomic E-state index is 10.5. The number of hydrogen-bond acceptors (Lipinski definition) is 6. The van der Waals surface area contributed by atoms with Gasteiger partial charge >= 0.3 is 7.82 Å². The van der Waals surface area contributed by atoms with Crippen molar-refractivity contribution in [1.82, 2.24) is 0 Å². The molecule has 0 bridgehead atoms. The Kier molecular flexibility index (Phi) is 3.85. The lowest BCUT2D eigenvalue weighted by atomic mass is 10.0. The molecule has 1 heterocycles. The first-order valence-electron chi connectivity index (χ1n) is 4.16. The second-order valence-electron chi connectivity index (χ2n) is 3.28. The van der Waals surface area contributed by atoms with Crippen molar-refractivity contribution in [1.29, 1.82) is 0 Å². The number of rotatable bonds is 2. The fourth-order valence-electron chi connectivity index (χ4n) is 1.24. The minimum Gasteiger partial charge on any atom is -0.388 e. The number of aliphatic hydroxyl groups excluding tert-OH is 3. The van der Waals surface area contributed by atoms with Crippen LogP contribution < -0.4 is 0 Å². The van der Waals surface area contributed by atoms with E-state index in [-0.39, 0.29) is 0 Å². The van der Waals surface area contributed by atoms with Crippen LogP contribution in [-0.2, 0) is 13.8 Å². The topological polar surface area (TPSA) is 137 Å². The van der Waals surface area contributed by atoms with E-state index in [2.05, 4.69) is 4.52 Å². The molecule has 5 atom stereocenters. The van der Waals surface area contributed by atoms with Gasteiger partial charge in [-0.25, -0.2) is 4.57 Å². The highest BCUT2D eigenvalue weighted by molar-refractivity contribution is 7.46. The van der Waals surface area contributed by atoms with E-state index < -0.39 is 38.5 Å². The van der Waals surface area contributed by atoms with Crippen LogP contribution in [0.3, 0.4) is 0 Å². The van der Waals surface area contributed by atoms with Crippen LogP contribution in [-0.4, -0.2) is 55.8 Å². The summed E-state index contributed by atoms with van der Waals surface area (Å²) in [5.41, 5.74) is 0. The number of hydrogen-bond donors (Lipinski definition) is 5. The Morgan fingerprint density at radius 2 is 1.67 bits per heavy atom. The SMILES string of the molecule is CC1OC(OP(=O)(O)O)[C@@H](O)[C@H](O)[C@H]1O. The summed E-state index contributed by atoms with van der Waals surface area (Å²) < 4.78 is 19.4. The van der Waals surface area contributed by atoms with Crippen molar-refractivity contribution in [2.24, 2.45) is 0 Å². The monoisotopic (exact) mass is 244 g/mol. The Labute approximate surface area is 85.3 Å². The van der Waals surface area contributed by atoms with Crippen LogP contribution in [0.5, 0.6) is 0 Å². The largest absolute Gasteiger partial charge is 0.472 e. The van der Waals surface area contributed by atoms with Crippen LogP contribution in [0.15, 0.2) is 0 Å². The second kappa shape index (κ2) is 4.44. The van der Waals surface area contributed by atoms with Crippen LogP contribution in [0.1, 0.15) is 6.92 Å². The van der Waals surface area contributed by atoms with Gasteiger partial charge in [-0.05, 0) is 6.92 Å². The van der Waals surface area contributed by atoms with Gasteiger partial charge in [0.15, 0.2) is 6.29 Å². The molecule has 1 saturated heterocycles. The summed E-state index contributed by atoms with van der Waals surface area (Å²) in [7, 11) is -4.82. The predicted molar refractivity (Wildman–Crippen MR) is 45.5 cm³/mol. The fraction of sp³-hybridized carbons (Fsp3) is 1.00. The summed E-state index contributed by atoms with van der Waals surface area (Å²) >= 11 is 0.